The van der Waals surface area contributed by atoms with E-state index < -0.39 is 105 Å². The van der Waals surface area contributed by atoms with Crippen molar-refractivity contribution < 1.29 is 79.1 Å². The molecule has 0 bridgehead atoms. The van der Waals surface area contributed by atoms with E-state index in [0.717, 1.165) is 38.6 Å². The number of aliphatic hydroxyl groups is 9. The highest BCUT2D eigenvalue weighted by Crippen LogP contribution is 2.70. The molecule has 17 nitrogen and oxygen atoms in total. The molecule has 0 aromatic carbocycles. The number of nitrogens with one attached hydrogen (secondary N) is 1. The second-order valence-electron chi connectivity index (χ2n) is 21.2. The minimum Gasteiger partial charge on any atom is -0.394 e. The Labute approximate surface area is 364 Å². The molecule has 5 saturated heterocycles. The number of hydrogen-bond donors (Lipinski definition) is 10. The van der Waals surface area contributed by atoms with E-state index in [4.69, 9.17) is 33.2 Å². The normalized spacial score (nSPS) is 57.6. The summed E-state index contributed by atoms with van der Waals surface area (Å²) in [6.45, 7) is 10.9. The lowest BCUT2D eigenvalue weighted by Crippen LogP contribution is -2.67. The molecule has 0 aromatic heterocycles. The molecular formula is C45H73NO16. The molecular weight excluding hydrogens is 810 g/mol. The van der Waals surface area contributed by atoms with Gasteiger partial charge in [-0.15, -0.1) is 0 Å². The van der Waals surface area contributed by atoms with E-state index in [0.29, 0.717) is 48.3 Å². The van der Waals surface area contributed by atoms with E-state index in [1.54, 1.807) is 0 Å². The highest BCUT2D eigenvalue weighted by atomic mass is 16.8. The Morgan fingerprint density at radius 2 is 1.37 bits per heavy atom. The van der Waals surface area contributed by atoms with Gasteiger partial charge < -0.3 is 79.1 Å². The summed E-state index contributed by atoms with van der Waals surface area (Å²) in [6.07, 6.45) is -11.6. The summed E-state index contributed by atoms with van der Waals surface area (Å²) in [5.74, 6) is 3.36. The Morgan fingerprint density at radius 3 is 2.06 bits per heavy atom. The fraction of sp³-hybridized carbons (Fsp3) is 0.956. The Balaban J connectivity index is 0.917. The molecule has 1 spiro atoms. The molecule has 0 aromatic rings. The van der Waals surface area contributed by atoms with Gasteiger partial charge >= 0.3 is 0 Å². The first-order valence-electron chi connectivity index (χ1n) is 23.5. The standard InChI is InChI=1S/C45H73NO16/c1-19-8-13-45(46-16-19)20(2)30-27(62-45)15-26-24-7-6-22-14-23(9-11-43(22,4)25(24)10-12-44(26,30)5)57-42-39(61-40-35(53)33(51)31(49)21(3)56-40)37(55)38(29(18-48)59-42)60-41-36(54)34(52)32(50)28(17-47)58-41/h6,19-21,23-42,46-55H,7-18H2,1-5H3/t19-,20?,21+,23+,24?,25?,26?,27?,28-,29-,30?,31+,32-,33-,34+,35-,36-,37+,38-,39-,40+,41+,42-,43+,44+,45?/m1/s1. The molecule has 8 fully saturated rings. The van der Waals surface area contributed by atoms with Crippen LogP contribution in [-0.2, 0) is 33.2 Å². The molecule has 26 atom stereocenters. The molecule has 354 valence electrons. The Morgan fingerprint density at radius 1 is 0.694 bits per heavy atom. The van der Waals surface area contributed by atoms with E-state index in [1.807, 2.05) is 0 Å². The number of allylic oxidation sites excluding steroid dienone is 1. The number of piperidine rings is 1. The van der Waals surface area contributed by atoms with E-state index in [9.17, 15) is 46.0 Å². The first-order chi connectivity index (χ1) is 29.4. The molecule has 0 amide bonds. The van der Waals surface area contributed by atoms with Gasteiger partial charge in [0, 0.05) is 12.5 Å². The van der Waals surface area contributed by atoms with Crippen molar-refractivity contribution in [3.8, 4) is 0 Å². The molecule has 5 aliphatic heterocycles. The van der Waals surface area contributed by atoms with Gasteiger partial charge in [0.15, 0.2) is 18.9 Å². The van der Waals surface area contributed by atoms with Crippen molar-refractivity contribution in [2.24, 2.45) is 46.3 Å². The Bertz CT molecular complexity index is 1610. The average Bonchev–Trinajstić information content (AvgIpc) is 3.70. The van der Waals surface area contributed by atoms with E-state index in [-0.39, 0.29) is 28.8 Å². The van der Waals surface area contributed by atoms with E-state index >= 15 is 0 Å². The summed E-state index contributed by atoms with van der Waals surface area (Å²) < 4.78 is 43.5. The van der Waals surface area contributed by atoms with Gasteiger partial charge in [0.1, 0.15) is 72.9 Å². The molecule has 7 unspecified atom stereocenters. The van der Waals surface area contributed by atoms with Gasteiger partial charge in [-0.1, -0.05) is 39.3 Å². The van der Waals surface area contributed by atoms with Gasteiger partial charge in [0.2, 0.25) is 0 Å². The van der Waals surface area contributed by atoms with Crippen LogP contribution in [0.5, 0.6) is 0 Å². The lowest BCUT2D eigenvalue weighted by atomic mass is 9.47. The Kier molecular flexibility index (Phi) is 12.9. The molecule has 4 aliphatic carbocycles. The number of rotatable bonds is 8. The summed E-state index contributed by atoms with van der Waals surface area (Å²) >= 11 is 0. The highest BCUT2D eigenvalue weighted by molar-refractivity contribution is 5.26. The van der Waals surface area contributed by atoms with Crippen LogP contribution in [0.4, 0.5) is 0 Å². The van der Waals surface area contributed by atoms with Crippen molar-refractivity contribution in [1.29, 1.82) is 0 Å². The van der Waals surface area contributed by atoms with Crippen molar-refractivity contribution >= 4 is 0 Å². The van der Waals surface area contributed by atoms with E-state index in [2.05, 4.69) is 39.1 Å². The van der Waals surface area contributed by atoms with Crippen LogP contribution in [0.3, 0.4) is 0 Å². The molecule has 9 rings (SSSR count). The van der Waals surface area contributed by atoms with Crippen LogP contribution in [0.15, 0.2) is 11.6 Å². The van der Waals surface area contributed by atoms with Crippen LogP contribution >= 0.6 is 0 Å². The fourth-order valence-electron chi connectivity index (χ4n) is 14.2. The van der Waals surface area contributed by atoms with Gasteiger partial charge in [0.05, 0.1) is 31.5 Å². The topological polar surface area (TPSA) is 259 Å². The zero-order chi connectivity index (χ0) is 44.2. The van der Waals surface area contributed by atoms with Crippen molar-refractivity contribution in [2.45, 2.75) is 202 Å². The molecule has 10 N–H and O–H groups in total. The molecule has 62 heavy (non-hydrogen) atoms. The lowest BCUT2D eigenvalue weighted by molar-refractivity contribution is -0.389. The second kappa shape index (κ2) is 17.3. The predicted molar refractivity (Wildman–Crippen MR) is 216 cm³/mol. The first-order valence-corrected chi connectivity index (χ1v) is 23.5. The monoisotopic (exact) mass is 883 g/mol. The maximum atomic E-state index is 12.0. The number of hydrogen-bond acceptors (Lipinski definition) is 17. The zero-order valence-electron chi connectivity index (χ0n) is 36.7. The van der Waals surface area contributed by atoms with Crippen molar-refractivity contribution in [1.82, 2.24) is 5.32 Å². The van der Waals surface area contributed by atoms with Crippen molar-refractivity contribution in [3.05, 3.63) is 11.6 Å². The fourth-order valence-corrected chi connectivity index (χ4v) is 14.2. The summed E-state index contributed by atoms with van der Waals surface area (Å²) in [5, 5.41) is 99.6. The van der Waals surface area contributed by atoms with Crippen LogP contribution in [-0.4, -0.2) is 176 Å². The van der Waals surface area contributed by atoms with Crippen LogP contribution in [0.25, 0.3) is 0 Å². The SMILES string of the molecule is CC1C2C(CC3C4CC=C5C[C@@H](O[C@@H]6O[C@H](CO)[C@@H](O[C@@H]7O[C@H](CO)[C@@H](O)[C@H](O)[C@H]7O)[C@H](O)[C@H]6O[C@@H]6O[C@@H](C)[C@H](O)[C@@H](O)[C@H]6O)CC[C@]5(C)C4CC[C@@]32C)OC12CC[C@@H](C)CN2. The quantitative estimate of drug-likeness (QED) is 0.142. The van der Waals surface area contributed by atoms with Crippen LogP contribution in [0.2, 0.25) is 0 Å². The average molecular weight is 884 g/mol. The molecule has 0 radical (unpaired) electrons. The summed E-state index contributed by atoms with van der Waals surface area (Å²) in [7, 11) is 0. The molecule has 5 heterocycles. The zero-order valence-corrected chi connectivity index (χ0v) is 36.7. The van der Waals surface area contributed by atoms with Gasteiger partial charge in [0.25, 0.3) is 0 Å². The Hall–Kier alpha value is -0.940. The predicted octanol–water partition coefficient (Wildman–Crippen LogP) is -0.213. The van der Waals surface area contributed by atoms with Gasteiger partial charge in [-0.25, -0.2) is 0 Å². The summed E-state index contributed by atoms with van der Waals surface area (Å²) in [4.78, 5) is 0. The van der Waals surface area contributed by atoms with Crippen LogP contribution < -0.4 is 5.32 Å². The summed E-state index contributed by atoms with van der Waals surface area (Å²) in [6, 6.07) is 0. The van der Waals surface area contributed by atoms with Crippen molar-refractivity contribution in [3.63, 3.8) is 0 Å². The van der Waals surface area contributed by atoms with Gasteiger partial charge in [-0.2, -0.15) is 0 Å². The van der Waals surface area contributed by atoms with Gasteiger partial charge in [-0.05, 0) is 105 Å². The molecule has 17 heteroatoms. The van der Waals surface area contributed by atoms with Crippen LogP contribution in [0.1, 0.15) is 92.4 Å². The molecule has 3 saturated carbocycles. The molecule has 9 aliphatic rings. The van der Waals surface area contributed by atoms with Crippen molar-refractivity contribution in [2.75, 3.05) is 19.8 Å². The smallest absolute Gasteiger partial charge is 0.187 e. The maximum absolute atomic E-state index is 12.0. The third kappa shape index (κ3) is 7.49. The third-order valence-corrected chi connectivity index (χ3v) is 17.9. The largest absolute Gasteiger partial charge is 0.394 e. The number of fused-ring (bicyclic) bond motifs is 7. The van der Waals surface area contributed by atoms with E-state index in [1.165, 1.54) is 25.3 Å². The second-order valence-corrected chi connectivity index (χ2v) is 21.2. The highest BCUT2D eigenvalue weighted by Gasteiger charge is 2.68. The van der Waals surface area contributed by atoms with Crippen LogP contribution in [0, 0.1) is 46.3 Å². The minimum absolute atomic E-state index is 0.0233. The minimum atomic E-state index is -1.81. The summed E-state index contributed by atoms with van der Waals surface area (Å²) in [5.41, 5.74) is 1.35. The van der Waals surface area contributed by atoms with Gasteiger partial charge in [-0.3, -0.25) is 5.32 Å². The number of ether oxygens (including phenoxy) is 7. The lowest BCUT2D eigenvalue weighted by Gasteiger charge is -2.59. The number of aliphatic hydroxyl groups excluding tert-OH is 9. The third-order valence-electron chi connectivity index (χ3n) is 17.9. The first kappa shape index (κ1) is 46.2. The maximum Gasteiger partial charge on any atom is 0.187 e.